The second-order valence-electron chi connectivity index (χ2n) is 9.23. The van der Waals surface area contributed by atoms with Gasteiger partial charge in [-0.05, 0) is 12.8 Å². The number of hydrogen-bond donors (Lipinski definition) is 12. The second-order valence-corrected chi connectivity index (χ2v) is 10.1. The lowest BCUT2D eigenvalue weighted by Crippen LogP contribution is -2.68. The zero-order valence-corrected chi connectivity index (χ0v) is 20.6. The summed E-state index contributed by atoms with van der Waals surface area (Å²) in [7, 11) is -4.67. The zero-order valence-electron chi connectivity index (χ0n) is 19.8. The largest absolute Gasteiger partial charge is 0.394 e. The third-order valence-electron chi connectivity index (χ3n) is 6.41. The number of nitrogens with two attached hydrogens (primary N) is 5. The van der Waals surface area contributed by atoms with Crippen LogP contribution in [0, 0.1) is 0 Å². The molecule has 0 spiro atoms. The van der Waals surface area contributed by atoms with Crippen LogP contribution in [0.4, 0.5) is 0 Å². The van der Waals surface area contributed by atoms with E-state index in [1.165, 1.54) is 0 Å². The van der Waals surface area contributed by atoms with Crippen LogP contribution in [0.1, 0.15) is 12.8 Å². The Bertz CT molecular complexity index is 805. The minimum absolute atomic E-state index is 0.0542. The summed E-state index contributed by atoms with van der Waals surface area (Å²) in [6.07, 6.45) is -10.8. The van der Waals surface area contributed by atoms with Crippen molar-refractivity contribution in [3.8, 4) is 0 Å². The smallest absolute Gasteiger partial charge is 0.394 e. The average Bonchev–Trinajstić information content (AvgIpc) is 2.79. The van der Waals surface area contributed by atoms with Gasteiger partial charge in [0.2, 0.25) is 0 Å². The fourth-order valence-electron chi connectivity index (χ4n) is 4.43. The minimum Gasteiger partial charge on any atom is -0.394 e. The van der Waals surface area contributed by atoms with Crippen molar-refractivity contribution in [3.05, 3.63) is 0 Å². The quantitative estimate of drug-likeness (QED) is 0.133. The van der Waals surface area contributed by atoms with Crippen molar-refractivity contribution in [1.29, 1.82) is 0 Å². The van der Waals surface area contributed by atoms with E-state index < -0.39 is 103 Å². The van der Waals surface area contributed by atoms with E-state index in [2.05, 4.69) is 0 Å². The van der Waals surface area contributed by atoms with Crippen LogP contribution in [-0.4, -0.2) is 142 Å². The Labute approximate surface area is 213 Å². The first-order chi connectivity index (χ1) is 17.1. The molecule has 2 aliphatic heterocycles. The van der Waals surface area contributed by atoms with Gasteiger partial charge in [0.05, 0.1) is 30.9 Å². The molecule has 0 unspecified atom stereocenters. The fourth-order valence-corrected chi connectivity index (χ4v) is 4.43. The molecule has 1 saturated carbocycles. The van der Waals surface area contributed by atoms with Gasteiger partial charge in [-0.2, -0.15) is 8.42 Å². The molecule has 3 fully saturated rings. The van der Waals surface area contributed by atoms with Crippen molar-refractivity contribution in [2.75, 3.05) is 13.2 Å². The highest BCUT2D eigenvalue weighted by Crippen LogP contribution is 2.30. The first kappa shape index (κ1) is 32.5. The minimum atomic E-state index is -4.67. The maximum atomic E-state index is 11.0. The third-order valence-corrected chi connectivity index (χ3v) is 6.41. The van der Waals surface area contributed by atoms with E-state index in [9.17, 15) is 25.5 Å². The topological polar surface area (TPSA) is 343 Å². The van der Waals surface area contributed by atoms with E-state index in [4.69, 9.17) is 65.1 Å². The highest BCUT2D eigenvalue weighted by Gasteiger charge is 2.50. The SMILES string of the molecule is NC[C@H]1O[C@H](O[C@H]2[C@H](O)[C@H](O[C@H]3O[C@H](CO)[C@@H](O)[C@H](N)[C@H]3O)[C@H](N)C[C@@H]2N)[C@H](N)C[C@@H]1O.O=S(=O)(O)O. The van der Waals surface area contributed by atoms with Crippen LogP contribution in [0.25, 0.3) is 0 Å². The van der Waals surface area contributed by atoms with Gasteiger partial charge < -0.3 is 73.1 Å². The maximum absolute atomic E-state index is 11.0. The Balaban J connectivity index is 0.000000877. The molecule has 37 heavy (non-hydrogen) atoms. The molecule has 3 aliphatic rings. The molecule has 18 nitrogen and oxygen atoms in total. The van der Waals surface area contributed by atoms with E-state index in [0.29, 0.717) is 0 Å². The molecular formula is C18H39N5O13S. The molecule has 19 heteroatoms. The third kappa shape index (κ3) is 8.65. The van der Waals surface area contributed by atoms with E-state index in [1.54, 1.807) is 0 Å². The molecule has 2 saturated heterocycles. The molecule has 220 valence electrons. The monoisotopic (exact) mass is 565 g/mol. The lowest BCUT2D eigenvalue weighted by Gasteiger charge is -2.47. The average molecular weight is 566 g/mol. The summed E-state index contributed by atoms with van der Waals surface area (Å²) >= 11 is 0. The van der Waals surface area contributed by atoms with Gasteiger partial charge in [0, 0.05) is 18.6 Å². The van der Waals surface area contributed by atoms with E-state index in [0.717, 1.165) is 0 Å². The summed E-state index contributed by atoms with van der Waals surface area (Å²) in [6.45, 7) is -0.499. The van der Waals surface area contributed by atoms with Crippen molar-refractivity contribution in [2.45, 2.75) is 98.4 Å². The van der Waals surface area contributed by atoms with Gasteiger partial charge in [0.15, 0.2) is 12.6 Å². The van der Waals surface area contributed by atoms with Gasteiger partial charge in [-0.1, -0.05) is 0 Å². The molecule has 0 aromatic heterocycles. The summed E-state index contributed by atoms with van der Waals surface area (Å²) in [6, 6.07) is -3.27. The Morgan fingerprint density at radius 2 is 1.24 bits per heavy atom. The highest BCUT2D eigenvalue weighted by atomic mass is 32.3. The predicted molar refractivity (Wildman–Crippen MR) is 123 cm³/mol. The summed E-state index contributed by atoms with van der Waals surface area (Å²) in [5.41, 5.74) is 29.8. The van der Waals surface area contributed by atoms with Gasteiger partial charge in [-0.3, -0.25) is 9.11 Å². The van der Waals surface area contributed by atoms with Gasteiger partial charge in [-0.25, -0.2) is 0 Å². The number of ether oxygens (including phenoxy) is 4. The van der Waals surface area contributed by atoms with Crippen molar-refractivity contribution in [3.63, 3.8) is 0 Å². The molecule has 0 bridgehead atoms. The van der Waals surface area contributed by atoms with Crippen molar-refractivity contribution in [2.24, 2.45) is 28.7 Å². The zero-order chi connectivity index (χ0) is 28.2. The van der Waals surface area contributed by atoms with Crippen LogP contribution in [0.5, 0.6) is 0 Å². The van der Waals surface area contributed by atoms with Gasteiger partial charge in [0.25, 0.3) is 0 Å². The predicted octanol–water partition coefficient (Wildman–Crippen LogP) is -6.95. The molecule has 14 atom stereocenters. The van der Waals surface area contributed by atoms with E-state index in [1.807, 2.05) is 0 Å². The van der Waals surface area contributed by atoms with E-state index in [-0.39, 0.29) is 19.4 Å². The maximum Gasteiger partial charge on any atom is 0.394 e. The first-order valence-electron chi connectivity index (χ1n) is 11.5. The van der Waals surface area contributed by atoms with Gasteiger partial charge in [-0.15, -0.1) is 0 Å². The number of hydrogen-bond acceptors (Lipinski definition) is 16. The fraction of sp³-hybridized carbons (Fsp3) is 1.00. The molecule has 0 aromatic rings. The second kappa shape index (κ2) is 13.6. The van der Waals surface area contributed by atoms with Crippen LogP contribution in [0.3, 0.4) is 0 Å². The summed E-state index contributed by atoms with van der Waals surface area (Å²) in [5.74, 6) is 0. The van der Waals surface area contributed by atoms with Gasteiger partial charge in [0.1, 0.15) is 36.6 Å². The van der Waals surface area contributed by atoms with Crippen molar-refractivity contribution in [1.82, 2.24) is 0 Å². The Kier molecular flexibility index (Phi) is 11.9. The normalized spacial score (nSPS) is 47.1. The molecule has 0 amide bonds. The lowest BCUT2D eigenvalue weighted by molar-refractivity contribution is -0.314. The van der Waals surface area contributed by atoms with Crippen LogP contribution < -0.4 is 28.7 Å². The summed E-state index contributed by atoms with van der Waals surface area (Å²) in [4.78, 5) is 0. The molecule has 3 rings (SSSR count). The van der Waals surface area contributed by atoms with Crippen molar-refractivity contribution >= 4 is 10.4 Å². The first-order valence-corrected chi connectivity index (χ1v) is 12.9. The summed E-state index contributed by atoms with van der Waals surface area (Å²) in [5, 5.41) is 50.7. The molecule has 17 N–H and O–H groups in total. The van der Waals surface area contributed by atoms with E-state index >= 15 is 0 Å². The number of rotatable bonds is 6. The van der Waals surface area contributed by atoms with Crippen molar-refractivity contribution < 1.29 is 62.0 Å². The molecular weight excluding hydrogens is 526 g/mol. The Morgan fingerprint density at radius 3 is 1.73 bits per heavy atom. The number of aliphatic hydroxyl groups excluding tert-OH is 5. The molecule has 0 radical (unpaired) electrons. The molecule has 0 aromatic carbocycles. The molecule has 2 heterocycles. The standard InChI is InChI=1S/C18H37N5O9.H2O4S/c19-3-9-8(25)2-7(22)17(29-9)31-15-5(20)1-6(21)16(14(15)28)32-18-13(27)11(23)12(26)10(4-24)30-18;1-5(2,3)4/h5-18,24-28H,1-4,19-23H2;(H2,1,2,3,4)/t5-,6+,7+,8-,9+,10+,11-,12+,13+,14-,15+,16+,17+,18+;/m0./s1. The van der Waals surface area contributed by atoms with Crippen LogP contribution in [0.2, 0.25) is 0 Å². The summed E-state index contributed by atoms with van der Waals surface area (Å²) < 4.78 is 54.3. The van der Waals surface area contributed by atoms with Crippen LogP contribution >= 0.6 is 0 Å². The van der Waals surface area contributed by atoms with Gasteiger partial charge >= 0.3 is 10.4 Å². The van der Waals surface area contributed by atoms with Crippen LogP contribution in [-0.2, 0) is 29.3 Å². The highest BCUT2D eigenvalue weighted by molar-refractivity contribution is 7.79. The Morgan fingerprint density at radius 1 is 0.757 bits per heavy atom. The molecule has 1 aliphatic carbocycles. The van der Waals surface area contributed by atoms with Crippen LogP contribution in [0.15, 0.2) is 0 Å². The Hall–Kier alpha value is -0.690. The number of aliphatic hydroxyl groups is 5. The lowest BCUT2D eigenvalue weighted by atomic mass is 9.84.